The summed E-state index contributed by atoms with van der Waals surface area (Å²) in [6.45, 7) is 0. The minimum absolute atomic E-state index is 0.762. The third-order valence-electron chi connectivity index (χ3n) is 0.543. The topological polar surface area (TPSA) is 75.3 Å². The van der Waals surface area contributed by atoms with E-state index in [1.165, 1.54) is 7.05 Å². The van der Waals surface area contributed by atoms with Crippen molar-refractivity contribution in [2.45, 2.75) is 6.23 Å². The number of nitrogens with one attached hydrogen (secondary N) is 1. The number of likely N-dealkylation sites (N-methyl/N-ethyl adjacent to an activating group) is 1. The van der Waals surface area contributed by atoms with Crippen molar-refractivity contribution in [2.75, 3.05) is 7.05 Å². The molecule has 0 aromatic rings. The minimum atomic E-state index is -1.21. The maximum Gasteiger partial charge on any atom is 0.261 e. The van der Waals surface area contributed by atoms with Crippen LogP contribution in [-0.2, 0) is 4.79 Å². The molecule has 7 heavy (non-hydrogen) atoms. The van der Waals surface area contributed by atoms with Gasteiger partial charge in [-0.25, -0.2) is 0 Å². The van der Waals surface area contributed by atoms with E-state index in [2.05, 4.69) is 11.1 Å². The molecule has 4 heteroatoms. The molecule has 1 amide bonds. The van der Waals surface area contributed by atoms with Gasteiger partial charge in [0.25, 0.3) is 5.91 Å². The van der Waals surface area contributed by atoms with Crippen LogP contribution >= 0.6 is 0 Å². The molecule has 0 aliphatic heterocycles. The van der Waals surface area contributed by atoms with Crippen LogP contribution in [0.2, 0.25) is 0 Å². The molecule has 42 valence electrons. The Labute approximate surface area is 41.3 Å². The van der Waals surface area contributed by atoms with Crippen molar-refractivity contribution in [2.24, 2.45) is 5.73 Å². The summed E-state index contributed by atoms with van der Waals surface area (Å²) in [5, 5.41) is 10.6. The number of primary amides is 1. The van der Waals surface area contributed by atoms with Crippen molar-refractivity contribution in [3.63, 3.8) is 0 Å². The van der Waals surface area contributed by atoms with Crippen LogP contribution in [0.1, 0.15) is 0 Å². The Morgan fingerprint density at radius 1 is 2.00 bits per heavy atom. The Morgan fingerprint density at radius 3 is 2.43 bits per heavy atom. The van der Waals surface area contributed by atoms with Gasteiger partial charge in [0.2, 0.25) is 0 Å². The Bertz CT molecular complexity index is 73.3. The lowest BCUT2D eigenvalue weighted by atomic mass is 10.5. The van der Waals surface area contributed by atoms with Crippen LogP contribution in [0.4, 0.5) is 0 Å². The molecule has 0 fully saturated rings. The van der Waals surface area contributed by atoms with Crippen LogP contribution < -0.4 is 11.1 Å². The molecule has 0 bridgehead atoms. The molecule has 0 aromatic heterocycles. The van der Waals surface area contributed by atoms with Gasteiger partial charge in [-0.05, 0) is 7.05 Å². The molecule has 0 aliphatic rings. The zero-order valence-electron chi connectivity index (χ0n) is 4.01. The SMILES string of the molecule is CNC(O)C(N)=O. The summed E-state index contributed by atoms with van der Waals surface area (Å²) in [4.78, 5) is 9.84. The van der Waals surface area contributed by atoms with Crippen LogP contribution in [0, 0.1) is 0 Å². The van der Waals surface area contributed by atoms with Gasteiger partial charge >= 0.3 is 0 Å². The van der Waals surface area contributed by atoms with E-state index in [0.29, 0.717) is 0 Å². The molecular formula is C3H8N2O2. The van der Waals surface area contributed by atoms with E-state index in [4.69, 9.17) is 5.11 Å². The number of aliphatic hydroxyl groups is 1. The van der Waals surface area contributed by atoms with Crippen molar-refractivity contribution in [1.82, 2.24) is 5.32 Å². The summed E-state index contributed by atoms with van der Waals surface area (Å²) < 4.78 is 0. The Kier molecular flexibility index (Phi) is 2.32. The second-order valence-electron chi connectivity index (χ2n) is 1.09. The summed E-state index contributed by atoms with van der Waals surface area (Å²) in [5.41, 5.74) is 4.60. The Hall–Kier alpha value is -0.610. The first-order chi connectivity index (χ1) is 3.18. The third-order valence-corrected chi connectivity index (χ3v) is 0.543. The highest BCUT2D eigenvalue weighted by atomic mass is 16.3. The van der Waals surface area contributed by atoms with Gasteiger partial charge < -0.3 is 10.8 Å². The first kappa shape index (κ1) is 6.39. The summed E-state index contributed by atoms with van der Waals surface area (Å²) in [5.74, 6) is -0.762. The van der Waals surface area contributed by atoms with Crippen molar-refractivity contribution in [1.29, 1.82) is 0 Å². The maximum absolute atomic E-state index is 9.84. The van der Waals surface area contributed by atoms with Gasteiger partial charge in [0.05, 0.1) is 0 Å². The third kappa shape index (κ3) is 2.13. The Balaban J connectivity index is 3.34. The molecule has 1 atom stereocenters. The smallest absolute Gasteiger partial charge is 0.261 e. The molecule has 0 saturated carbocycles. The van der Waals surface area contributed by atoms with Crippen LogP contribution in [-0.4, -0.2) is 24.3 Å². The van der Waals surface area contributed by atoms with E-state index in [9.17, 15) is 4.79 Å². The maximum atomic E-state index is 9.84. The lowest BCUT2D eigenvalue weighted by Crippen LogP contribution is -2.38. The predicted molar refractivity (Wildman–Crippen MR) is 24.3 cm³/mol. The van der Waals surface area contributed by atoms with E-state index >= 15 is 0 Å². The largest absolute Gasteiger partial charge is 0.370 e. The fourth-order valence-corrected chi connectivity index (χ4v) is 0.142. The van der Waals surface area contributed by atoms with E-state index in [-0.39, 0.29) is 0 Å². The van der Waals surface area contributed by atoms with Gasteiger partial charge in [-0.1, -0.05) is 0 Å². The highest BCUT2D eigenvalue weighted by Crippen LogP contribution is 1.65. The number of aliphatic hydroxyl groups excluding tert-OH is 1. The molecule has 4 N–H and O–H groups in total. The molecule has 4 nitrogen and oxygen atoms in total. The highest BCUT2D eigenvalue weighted by Gasteiger charge is 2.03. The van der Waals surface area contributed by atoms with Crippen molar-refractivity contribution < 1.29 is 9.90 Å². The van der Waals surface area contributed by atoms with E-state index < -0.39 is 12.1 Å². The zero-order chi connectivity index (χ0) is 5.86. The molecule has 0 spiro atoms. The number of nitrogens with two attached hydrogens (primary N) is 1. The number of carbonyl (C=O) groups excluding carboxylic acids is 1. The van der Waals surface area contributed by atoms with Crippen LogP contribution in [0.15, 0.2) is 0 Å². The first-order valence-corrected chi connectivity index (χ1v) is 1.83. The molecule has 0 aromatic carbocycles. The summed E-state index contributed by atoms with van der Waals surface area (Å²) in [6, 6.07) is 0. The Morgan fingerprint density at radius 2 is 2.43 bits per heavy atom. The molecule has 0 heterocycles. The highest BCUT2D eigenvalue weighted by molar-refractivity contribution is 5.77. The fraction of sp³-hybridized carbons (Fsp3) is 0.667. The normalized spacial score (nSPS) is 13.4. The lowest BCUT2D eigenvalue weighted by Gasteiger charge is -2.00. The van der Waals surface area contributed by atoms with E-state index in [0.717, 1.165) is 0 Å². The summed E-state index contributed by atoms with van der Waals surface area (Å²) in [6.07, 6.45) is -1.21. The number of hydrogen-bond donors (Lipinski definition) is 3. The predicted octanol–water partition coefficient (Wildman–Crippen LogP) is -1.99. The van der Waals surface area contributed by atoms with Crippen molar-refractivity contribution >= 4 is 5.91 Å². The van der Waals surface area contributed by atoms with Crippen LogP contribution in [0.5, 0.6) is 0 Å². The number of hydrogen-bond acceptors (Lipinski definition) is 3. The van der Waals surface area contributed by atoms with Gasteiger partial charge in [0.1, 0.15) is 0 Å². The standard InChI is InChI=1S/C3H8N2O2/c1-5-3(7)2(4)6/h3,5,7H,1H3,(H2,4,6). The number of carbonyl (C=O) groups is 1. The quantitative estimate of drug-likeness (QED) is 0.355. The first-order valence-electron chi connectivity index (χ1n) is 1.83. The van der Waals surface area contributed by atoms with Gasteiger partial charge in [0.15, 0.2) is 6.23 Å². The molecule has 0 radical (unpaired) electrons. The van der Waals surface area contributed by atoms with E-state index in [1.54, 1.807) is 0 Å². The molecule has 1 unspecified atom stereocenters. The van der Waals surface area contributed by atoms with E-state index in [1.807, 2.05) is 0 Å². The second kappa shape index (κ2) is 2.54. The van der Waals surface area contributed by atoms with Crippen LogP contribution in [0.3, 0.4) is 0 Å². The summed E-state index contributed by atoms with van der Waals surface area (Å²) >= 11 is 0. The molecule has 0 aliphatic carbocycles. The second-order valence-corrected chi connectivity index (χ2v) is 1.09. The fourth-order valence-electron chi connectivity index (χ4n) is 0.142. The average Bonchev–Trinajstić information content (AvgIpc) is 1.65. The van der Waals surface area contributed by atoms with Crippen molar-refractivity contribution in [3.05, 3.63) is 0 Å². The summed E-state index contributed by atoms with van der Waals surface area (Å²) in [7, 11) is 1.44. The van der Waals surface area contributed by atoms with Crippen molar-refractivity contribution in [3.8, 4) is 0 Å². The lowest BCUT2D eigenvalue weighted by molar-refractivity contribution is -0.127. The van der Waals surface area contributed by atoms with Gasteiger partial charge in [-0.2, -0.15) is 0 Å². The average molecular weight is 104 g/mol. The molecular weight excluding hydrogens is 96.0 g/mol. The van der Waals surface area contributed by atoms with Gasteiger partial charge in [0, 0.05) is 0 Å². The van der Waals surface area contributed by atoms with Crippen LogP contribution in [0.25, 0.3) is 0 Å². The molecule has 0 rings (SSSR count). The minimum Gasteiger partial charge on any atom is -0.370 e. The number of amides is 1. The molecule has 0 saturated heterocycles. The monoisotopic (exact) mass is 104 g/mol. The zero-order valence-corrected chi connectivity index (χ0v) is 4.01. The van der Waals surface area contributed by atoms with Gasteiger partial charge in [-0.3, -0.25) is 10.1 Å². The number of rotatable bonds is 2. The van der Waals surface area contributed by atoms with Gasteiger partial charge in [-0.15, -0.1) is 0 Å².